The van der Waals surface area contributed by atoms with Gasteiger partial charge in [-0.05, 0) is 46.3 Å². The first-order valence-corrected chi connectivity index (χ1v) is 6.81. The zero-order valence-electron chi connectivity index (χ0n) is 9.70. The molecule has 0 atom stereocenters. The molecule has 0 bridgehead atoms. The highest BCUT2D eigenvalue weighted by molar-refractivity contribution is 9.10. The monoisotopic (exact) mass is 319 g/mol. The standard InChI is InChI=1S/C11H15BrClN3O/c1-16(7-8-2-4-17-5-3-8)10-9(12)6-14-11(13)15-10/h6,8H,2-5,7H2,1H3. The summed E-state index contributed by atoms with van der Waals surface area (Å²) in [5.74, 6) is 1.51. The Labute approximate surface area is 114 Å². The Bertz CT molecular complexity index is 385. The minimum Gasteiger partial charge on any atom is -0.381 e. The van der Waals surface area contributed by atoms with E-state index in [0.29, 0.717) is 5.92 Å². The summed E-state index contributed by atoms with van der Waals surface area (Å²) < 4.78 is 6.23. The molecule has 1 aliphatic heterocycles. The first-order valence-electron chi connectivity index (χ1n) is 5.63. The molecule has 1 saturated heterocycles. The maximum atomic E-state index is 5.81. The molecule has 0 aromatic carbocycles. The number of anilines is 1. The van der Waals surface area contributed by atoms with Gasteiger partial charge in [0.2, 0.25) is 5.28 Å². The average molecular weight is 321 g/mol. The fourth-order valence-corrected chi connectivity index (χ4v) is 2.63. The molecule has 0 saturated carbocycles. The van der Waals surface area contributed by atoms with Gasteiger partial charge < -0.3 is 9.64 Å². The number of halogens is 2. The van der Waals surface area contributed by atoms with Crippen molar-refractivity contribution in [3.8, 4) is 0 Å². The van der Waals surface area contributed by atoms with E-state index in [1.165, 1.54) is 0 Å². The molecular weight excluding hydrogens is 305 g/mol. The van der Waals surface area contributed by atoms with Crippen LogP contribution in [0.2, 0.25) is 5.28 Å². The van der Waals surface area contributed by atoms with Crippen molar-refractivity contribution in [1.29, 1.82) is 0 Å². The molecular formula is C11H15BrClN3O. The van der Waals surface area contributed by atoms with Crippen molar-refractivity contribution in [2.45, 2.75) is 12.8 Å². The summed E-state index contributed by atoms with van der Waals surface area (Å²) in [4.78, 5) is 10.3. The number of hydrogen-bond donors (Lipinski definition) is 0. The van der Waals surface area contributed by atoms with E-state index in [0.717, 1.165) is 42.9 Å². The van der Waals surface area contributed by atoms with Crippen LogP contribution in [0.15, 0.2) is 10.7 Å². The van der Waals surface area contributed by atoms with Crippen LogP contribution in [-0.2, 0) is 4.74 Å². The Morgan fingerprint density at radius 2 is 2.24 bits per heavy atom. The second-order valence-electron chi connectivity index (χ2n) is 4.25. The van der Waals surface area contributed by atoms with E-state index in [2.05, 4.69) is 30.8 Å². The molecule has 1 aromatic heterocycles. The predicted octanol–water partition coefficient (Wildman–Crippen LogP) is 2.76. The zero-order valence-corrected chi connectivity index (χ0v) is 12.0. The maximum Gasteiger partial charge on any atom is 0.224 e. The van der Waals surface area contributed by atoms with Crippen LogP contribution < -0.4 is 4.90 Å². The third kappa shape index (κ3) is 3.53. The lowest BCUT2D eigenvalue weighted by atomic mass is 10.00. The molecule has 1 aromatic rings. The fraction of sp³-hybridized carbons (Fsp3) is 0.636. The van der Waals surface area contributed by atoms with Gasteiger partial charge in [0.1, 0.15) is 5.82 Å². The van der Waals surface area contributed by atoms with E-state index < -0.39 is 0 Å². The molecule has 17 heavy (non-hydrogen) atoms. The number of nitrogens with zero attached hydrogens (tertiary/aromatic N) is 3. The van der Waals surface area contributed by atoms with E-state index >= 15 is 0 Å². The second kappa shape index (κ2) is 5.98. The van der Waals surface area contributed by atoms with Gasteiger partial charge in [0.25, 0.3) is 0 Å². The van der Waals surface area contributed by atoms with Crippen molar-refractivity contribution in [1.82, 2.24) is 9.97 Å². The molecule has 0 unspecified atom stereocenters. The third-order valence-corrected chi connectivity index (χ3v) is 3.67. The van der Waals surface area contributed by atoms with E-state index in [1.807, 2.05) is 7.05 Å². The molecule has 6 heteroatoms. The summed E-state index contributed by atoms with van der Waals surface area (Å²) >= 11 is 9.26. The lowest BCUT2D eigenvalue weighted by Gasteiger charge is -2.28. The van der Waals surface area contributed by atoms with Crippen LogP contribution in [0, 0.1) is 5.92 Å². The van der Waals surface area contributed by atoms with E-state index in [4.69, 9.17) is 16.3 Å². The molecule has 2 rings (SSSR count). The van der Waals surface area contributed by atoms with Crippen molar-refractivity contribution in [2.24, 2.45) is 5.92 Å². The van der Waals surface area contributed by atoms with Gasteiger partial charge in [-0.3, -0.25) is 0 Å². The largest absolute Gasteiger partial charge is 0.381 e. The molecule has 0 amide bonds. The highest BCUT2D eigenvalue weighted by atomic mass is 79.9. The van der Waals surface area contributed by atoms with Gasteiger partial charge in [0.05, 0.1) is 4.47 Å². The summed E-state index contributed by atoms with van der Waals surface area (Å²) in [6, 6.07) is 0. The topological polar surface area (TPSA) is 38.2 Å². The Kier molecular flexibility index (Phi) is 4.59. The first kappa shape index (κ1) is 13.1. The van der Waals surface area contributed by atoms with Crippen LogP contribution in [0.25, 0.3) is 0 Å². The van der Waals surface area contributed by atoms with Gasteiger partial charge in [-0.25, -0.2) is 4.98 Å². The normalized spacial score (nSPS) is 17.1. The van der Waals surface area contributed by atoms with Crippen LogP contribution in [0.1, 0.15) is 12.8 Å². The van der Waals surface area contributed by atoms with Crippen molar-refractivity contribution < 1.29 is 4.74 Å². The molecule has 94 valence electrons. The molecule has 0 spiro atoms. The average Bonchev–Trinajstić information content (AvgIpc) is 2.33. The molecule has 2 heterocycles. The van der Waals surface area contributed by atoms with Gasteiger partial charge in [0, 0.05) is 33.0 Å². The van der Waals surface area contributed by atoms with Gasteiger partial charge >= 0.3 is 0 Å². The zero-order chi connectivity index (χ0) is 12.3. The second-order valence-corrected chi connectivity index (χ2v) is 5.44. The van der Waals surface area contributed by atoms with Crippen LogP contribution in [0.4, 0.5) is 5.82 Å². The number of hydrogen-bond acceptors (Lipinski definition) is 4. The summed E-state index contributed by atoms with van der Waals surface area (Å²) in [5, 5.41) is 0.280. The van der Waals surface area contributed by atoms with E-state index in [-0.39, 0.29) is 5.28 Å². The lowest BCUT2D eigenvalue weighted by Crippen LogP contribution is -2.30. The van der Waals surface area contributed by atoms with Crippen LogP contribution in [-0.4, -0.2) is 36.8 Å². The third-order valence-electron chi connectivity index (χ3n) is 2.93. The highest BCUT2D eigenvalue weighted by Gasteiger charge is 2.18. The Morgan fingerprint density at radius 3 is 2.94 bits per heavy atom. The van der Waals surface area contributed by atoms with Crippen LogP contribution >= 0.6 is 27.5 Å². The summed E-state index contributed by atoms with van der Waals surface area (Å²) in [7, 11) is 2.03. The Morgan fingerprint density at radius 1 is 1.53 bits per heavy atom. The number of aromatic nitrogens is 2. The Balaban J connectivity index is 2.02. The van der Waals surface area contributed by atoms with E-state index in [9.17, 15) is 0 Å². The highest BCUT2D eigenvalue weighted by Crippen LogP contribution is 2.25. The van der Waals surface area contributed by atoms with Crippen molar-refractivity contribution in [2.75, 3.05) is 31.7 Å². The Hall–Kier alpha value is -0.390. The number of ether oxygens (including phenoxy) is 1. The first-order chi connectivity index (χ1) is 8.16. The van der Waals surface area contributed by atoms with Gasteiger partial charge in [0.15, 0.2) is 0 Å². The molecule has 1 fully saturated rings. The van der Waals surface area contributed by atoms with Crippen LogP contribution in [0.5, 0.6) is 0 Å². The lowest BCUT2D eigenvalue weighted by molar-refractivity contribution is 0.0685. The van der Waals surface area contributed by atoms with Crippen molar-refractivity contribution >= 4 is 33.3 Å². The summed E-state index contributed by atoms with van der Waals surface area (Å²) in [6.45, 7) is 2.70. The fourth-order valence-electron chi connectivity index (χ4n) is 2.01. The van der Waals surface area contributed by atoms with Crippen molar-refractivity contribution in [3.05, 3.63) is 16.0 Å². The minimum atomic E-state index is 0.280. The molecule has 0 aliphatic carbocycles. The van der Waals surface area contributed by atoms with Gasteiger partial charge in [-0.1, -0.05) is 0 Å². The summed E-state index contributed by atoms with van der Waals surface area (Å²) in [5.41, 5.74) is 0. The van der Waals surface area contributed by atoms with Crippen LogP contribution in [0.3, 0.4) is 0 Å². The van der Waals surface area contributed by atoms with Gasteiger partial charge in [-0.15, -0.1) is 0 Å². The maximum absolute atomic E-state index is 5.81. The smallest absolute Gasteiger partial charge is 0.224 e. The summed E-state index contributed by atoms with van der Waals surface area (Å²) in [6.07, 6.45) is 3.91. The SMILES string of the molecule is CN(CC1CCOCC1)c1nc(Cl)ncc1Br. The predicted molar refractivity (Wildman–Crippen MR) is 71.6 cm³/mol. The molecule has 1 aliphatic rings. The molecule has 0 N–H and O–H groups in total. The minimum absolute atomic E-state index is 0.280. The van der Waals surface area contributed by atoms with Gasteiger partial charge in [-0.2, -0.15) is 4.98 Å². The quantitative estimate of drug-likeness (QED) is 0.803. The van der Waals surface area contributed by atoms with Crippen molar-refractivity contribution in [3.63, 3.8) is 0 Å². The molecule has 4 nitrogen and oxygen atoms in total. The van der Waals surface area contributed by atoms with E-state index in [1.54, 1.807) is 6.20 Å². The molecule has 0 radical (unpaired) electrons. The number of rotatable bonds is 3.